The second-order valence-corrected chi connectivity index (χ2v) is 6.40. The largest absolute Gasteiger partial charge is 0.502 e. The number of nitrogen functional groups attached to an aromatic ring is 1. The molecule has 5 nitrogen and oxygen atoms in total. The molecule has 1 aliphatic heterocycles. The zero-order valence-corrected chi connectivity index (χ0v) is 14.5. The third-order valence-electron chi connectivity index (χ3n) is 4.52. The number of rotatable bonds is 10. The van der Waals surface area contributed by atoms with Crippen molar-refractivity contribution in [3.05, 3.63) is 23.0 Å². The third kappa shape index (κ3) is 4.82. The molecule has 0 radical (unpaired) electrons. The van der Waals surface area contributed by atoms with Crippen LogP contribution in [0.5, 0.6) is 5.75 Å². The summed E-state index contributed by atoms with van der Waals surface area (Å²) in [5, 5.41) is 10.3. The Hall–Kier alpha value is -1.33. The van der Waals surface area contributed by atoms with Gasteiger partial charge in [0.25, 0.3) is 0 Å². The molecule has 0 saturated carbocycles. The van der Waals surface area contributed by atoms with Crippen molar-refractivity contribution in [2.75, 3.05) is 12.4 Å². The Labute approximate surface area is 139 Å². The molecular weight excluding hydrogens is 292 g/mol. The minimum Gasteiger partial charge on any atom is -0.502 e. The number of hydrogen-bond donors (Lipinski definition) is 2. The summed E-state index contributed by atoms with van der Waals surface area (Å²) in [6, 6.07) is 0. The van der Waals surface area contributed by atoms with E-state index in [1.807, 2.05) is 0 Å². The number of fused-ring (bicyclic) bond motifs is 1. The van der Waals surface area contributed by atoms with Gasteiger partial charge in [-0.05, 0) is 6.42 Å². The van der Waals surface area contributed by atoms with Crippen LogP contribution in [0.4, 0.5) is 0 Å². The SMILES string of the molecule is CCCCCCCCCCOC1OCc2c[n+](N)c(C)c(O)c21. The van der Waals surface area contributed by atoms with Crippen molar-refractivity contribution in [2.24, 2.45) is 0 Å². The third-order valence-corrected chi connectivity index (χ3v) is 4.52. The van der Waals surface area contributed by atoms with Crippen LogP contribution in [0.15, 0.2) is 6.20 Å². The van der Waals surface area contributed by atoms with Gasteiger partial charge in [-0.25, -0.2) is 5.84 Å². The molecule has 0 aromatic carbocycles. The molecule has 1 aliphatic rings. The topological polar surface area (TPSA) is 68.6 Å². The van der Waals surface area contributed by atoms with Crippen molar-refractivity contribution in [2.45, 2.75) is 78.1 Å². The number of nitrogens with zero attached hydrogens (tertiary/aromatic N) is 1. The first-order valence-electron chi connectivity index (χ1n) is 8.90. The predicted octanol–water partition coefficient (Wildman–Crippen LogP) is 3.39. The summed E-state index contributed by atoms with van der Waals surface area (Å²) in [5.74, 6) is 5.98. The molecule has 0 aliphatic carbocycles. The Morgan fingerprint density at radius 2 is 1.87 bits per heavy atom. The lowest BCUT2D eigenvalue weighted by Crippen LogP contribution is -2.47. The monoisotopic (exact) mass is 323 g/mol. The molecule has 23 heavy (non-hydrogen) atoms. The summed E-state index contributed by atoms with van der Waals surface area (Å²) in [6.07, 6.45) is 11.5. The summed E-state index contributed by atoms with van der Waals surface area (Å²) >= 11 is 0. The van der Waals surface area contributed by atoms with E-state index in [0.29, 0.717) is 18.9 Å². The standard InChI is InChI=1S/C18H30N2O3/c1-3-4-5-6-7-8-9-10-11-22-18-16-15(13-23-18)12-20(19)14(2)17(16)21/h12,18H,3-11,13,19H2,1-2H3/p+1. The van der Waals surface area contributed by atoms with E-state index in [4.69, 9.17) is 15.3 Å². The average molecular weight is 323 g/mol. The van der Waals surface area contributed by atoms with Crippen LogP contribution in [-0.2, 0) is 16.1 Å². The van der Waals surface area contributed by atoms with Crippen LogP contribution in [0.25, 0.3) is 0 Å². The molecule has 130 valence electrons. The van der Waals surface area contributed by atoms with E-state index in [2.05, 4.69) is 6.92 Å². The average Bonchev–Trinajstić information content (AvgIpc) is 2.94. The number of aromatic nitrogens is 1. The van der Waals surface area contributed by atoms with Gasteiger partial charge in [0.2, 0.25) is 11.9 Å². The van der Waals surface area contributed by atoms with Crippen molar-refractivity contribution in [3.8, 4) is 5.75 Å². The Bertz CT molecular complexity index is 506. The van der Waals surface area contributed by atoms with Crippen LogP contribution in [0.3, 0.4) is 0 Å². The summed E-state index contributed by atoms with van der Waals surface area (Å²) in [5.41, 5.74) is 2.26. The maximum absolute atomic E-state index is 10.3. The van der Waals surface area contributed by atoms with Crippen molar-refractivity contribution >= 4 is 0 Å². The highest BCUT2D eigenvalue weighted by Crippen LogP contribution is 2.38. The molecule has 5 heteroatoms. The Balaban J connectivity index is 1.68. The van der Waals surface area contributed by atoms with Crippen molar-refractivity contribution in [3.63, 3.8) is 0 Å². The van der Waals surface area contributed by atoms with Crippen LogP contribution in [0, 0.1) is 6.92 Å². The van der Waals surface area contributed by atoms with E-state index >= 15 is 0 Å². The first-order chi connectivity index (χ1) is 11.1. The number of unbranched alkanes of at least 4 members (excludes halogenated alkanes) is 7. The summed E-state index contributed by atoms with van der Waals surface area (Å²) in [4.78, 5) is 0. The second kappa shape index (κ2) is 9.08. The molecule has 3 N–H and O–H groups in total. The Morgan fingerprint density at radius 3 is 2.57 bits per heavy atom. The molecule has 1 atom stereocenters. The molecule has 0 bridgehead atoms. The lowest BCUT2D eigenvalue weighted by molar-refractivity contribution is -0.646. The van der Waals surface area contributed by atoms with E-state index < -0.39 is 6.29 Å². The van der Waals surface area contributed by atoms with Gasteiger partial charge in [0.15, 0.2) is 12.0 Å². The Morgan fingerprint density at radius 1 is 1.22 bits per heavy atom. The van der Waals surface area contributed by atoms with Gasteiger partial charge in [-0.2, -0.15) is 0 Å². The van der Waals surface area contributed by atoms with Crippen LogP contribution in [0.1, 0.15) is 81.4 Å². The van der Waals surface area contributed by atoms with Gasteiger partial charge < -0.3 is 14.6 Å². The molecule has 1 unspecified atom stereocenters. The highest BCUT2D eigenvalue weighted by molar-refractivity contribution is 5.40. The van der Waals surface area contributed by atoms with E-state index in [-0.39, 0.29) is 5.75 Å². The fourth-order valence-electron chi connectivity index (χ4n) is 2.99. The molecule has 1 aromatic heterocycles. The van der Waals surface area contributed by atoms with Gasteiger partial charge in [0.05, 0.1) is 24.3 Å². The predicted molar refractivity (Wildman–Crippen MR) is 89.3 cm³/mol. The molecule has 0 amide bonds. The van der Waals surface area contributed by atoms with Gasteiger partial charge in [-0.15, -0.1) is 0 Å². The first-order valence-corrected chi connectivity index (χ1v) is 8.90. The first kappa shape index (κ1) is 18.0. The number of nitrogens with two attached hydrogens (primary N) is 1. The molecule has 0 fully saturated rings. The van der Waals surface area contributed by atoms with Crippen molar-refractivity contribution < 1.29 is 19.3 Å². The zero-order valence-electron chi connectivity index (χ0n) is 14.5. The van der Waals surface area contributed by atoms with E-state index in [9.17, 15) is 5.11 Å². The van der Waals surface area contributed by atoms with Gasteiger partial charge in [0.1, 0.15) is 0 Å². The maximum atomic E-state index is 10.3. The van der Waals surface area contributed by atoms with Crippen LogP contribution in [-0.4, -0.2) is 11.7 Å². The number of pyridine rings is 1. The normalized spacial score (nSPS) is 16.7. The maximum Gasteiger partial charge on any atom is 0.250 e. The number of aromatic hydroxyl groups is 1. The summed E-state index contributed by atoms with van der Waals surface area (Å²) in [7, 11) is 0. The van der Waals surface area contributed by atoms with Crippen LogP contribution in [0.2, 0.25) is 0 Å². The van der Waals surface area contributed by atoms with Crippen molar-refractivity contribution in [1.82, 2.24) is 0 Å². The van der Waals surface area contributed by atoms with Gasteiger partial charge in [-0.3, -0.25) is 0 Å². The molecule has 0 spiro atoms. The summed E-state index contributed by atoms with van der Waals surface area (Å²) in [6.45, 7) is 5.12. The minimum absolute atomic E-state index is 0.184. The molecule has 1 aromatic rings. The number of ether oxygens (including phenoxy) is 2. The van der Waals surface area contributed by atoms with E-state index in [1.165, 1.54) is 49.6 Å². The van der Waals surface area contributed by atoms with E-state index in [0.717, 1.165) is 17.5 Å². The second-order valence-electron chi connectivity index (χ2n) is 6.40. The highest BCUT2D eigenvalue weighted by atomic mass is 16.7. The smallest absolute Gasteiger partial charge is 0.250 e. The van der Waals surface area contributed by atoms with E-state index in [1.54, 1.807) is 13.1 Å². The fourth-order valence-corrected chi connectivity index (χ4v) is 2.99. The molecule has 0 saturated heterocycles. The lowest BCUT2D eigenvalue weighted by Gasteiger charge is -2.13. The Kier molecular flexibility index (Phi) is 7.12. The quantitative estimate of drug-likeness (QED) is 0.393. The lowest BCUT2D eigenvalue weighted by atomic mass is 10.1. The van der Waals surface area contributed by atoms with Gasteiger partial charge in [0, 0.05) is 6.92 Å². The molecule has 2 rings (SSSR count). The highest BCUT2D eigenvalue weighted by Gasteiger charge is 2.32. The molecular formula is C18H31N2O3+. The minimum atomic E-state index is -0.463. The zero-order chi connectivity index (χ0) is 16.7. The summed E-state index contributed by atoms with van der Waals surface area (Å²) < 4.78 is 12.9. The van der Waals surface area contributed by atoms with Crippen LogP contribution < -0.4 is 10.5 Å². The van der Waals surface area contributed by atoms with Crippen molar-refractivity contribution in [1.29, 1.82) is 0 Å². The van der Waals surface area contributed by atoms with Gasteiger partial charge in [-0.1, -0.05) is 56.5 Å². The number of hydrogen-bond acceptors (Lipinski definition) is 4. The van der Waals surface area contributed by atoms with Gasteiger partial charge >= 0.3 is 0 Å². The fraction of sp³-hybridized carbons (Fsp3) is 0.722. The molecule has 2 heterocycles. The van der Waals surface area contributed by atoms with Crippen LogP contribution >= 0.6 is 0 Å².